The highest BCUT2D eigenvalue weighted by atomic mass is 16.6. The molecule has 182 valence electrons. The third kappa shape index (κ3) is 4.64. The number of para-hydroxylation sites is 2. The van der Waals surface area contributed by atoms with Crippen molar-refractivity contribution in [2.45, 2.75) is 38.8 Å². The zero-order valence-electron chi connectivity index (χ0n) is 20.1. The van der Waals surface area contributed by atoms with E-state index in [1.807, 2.05) is 49.9 Å². The number of hydrogen-bond acceptors (Lipinski definition) is 7. The SMILES string of the molecule is CC(C)(C)OC(=O)N1CCN([C@@H]2CC(=O)N(c3ccc(-c4nc5ccccc5o4)cc3)C2=O)CC1. The average Bonchev–Trinajstić information content (AvgIpc) is 3.39. The summed E-state index contributed by atoms with van der Waals surface area (Å²) in [5.74, 6) is 0.0112. The number of anilines is 1. The Morgan fingerprint density at radius 1 is 1.00 bits per heavy atom. The number of rotatable bonds is 3. The molecule has 3 aromatic rings. The summed E-state index contributed by atoms with van der Waals surface area (Å²) in [4.78, 5) is 47.7. The molecule has 0 bridgehead atoms. The van der Waals surface area contributed by atoms with Crippen molar-refractivity contribution in [3.8, 4) is 11.5 Å². The molecule has 0 radical (unpaired) electrons. The van der Waals surface area contributed by atoms with Crippen LogP contribution < -0.4 is 4.90 Å². The number of hydrogen-bond donors (Lipinski definition) is 0. The summed E-state index contributed by atoms with van der Waals surface area (Å²) >= 11 is 0. The summed E-state index contributed by atoms with van der Waals surface area (Å²) in [7, 11) is 0. The molecule has 0 N–H and O–H groups in total. The number of benzene rings is 2. The number of amides is 3. The van der Waals surface area contributed by atoms with Crippen LogP contribution in [-0.2, 0) is 14.3 Å². The third-order valence-electron chi connectivity index (χ3n) is 6.20. The van der Waals surface area contributed by atoms with Crippen LogP contribution in [0.3, 0.4) is 0 Å². The average molecular weight is 477 g/mol. The molecule has 2 aliphatic heterocycles. The Hall–Kier alpha value is -3.72. The van der Waals surface area contributed by atoms with E-state index in [-0.39, 0.29) is 24.3 Å². The largest absolute Gasteiger partial charge is 0.444 e. The lowest BCUT2D eigenvalue weighted by Crippen LogP contribution is -2.54. The monoisotopic (exact) mass is 476 g/mol. The number of carbonyl (C=O) groups excluding carboxylic acids is 3. The Morgan fingerprint density at radius 2 is 1.69 bits per heavy atom. The van der Waals surface area contributed by atoms with Gasteiger partial charge in [-0.15, -0.1) is 0 Å². The van der Waals surface area contributed by atoms with E-state index < -0.39 is 11.6 Å². The van der Waals surface area contributed by atoms with Gasteiger partial charge in [0.1, 0.15) is 11.1 Å². The Kier molecular flexibility index (Phi) is 5.80. The van der Waals surface area contributed by atoms with E-state index in [2.05, 4.69) is 4.98 Å². The van der Waals surface area contributed by atoms with Crippen LogP contribution in [0.4, 0.5) is 10.5 Å². The topological polar surface area (TPSA) is 96.2 Å². The first-order valence-electron chi connectivity index (χ1n) is 11.7. The quantitative estimate of drug-likeness (QED) is 0.532. The molecule has 0 saturated carbocycles. The van der Waals surface area contributed by atoms with E-state index in [4.69, 9.17) is 9.15 Å². The van der Waals surface area contributed by atoms with E-state index in [9.17, 15) is 14.4 Å². The minimum absolute atomic E-state index is 0.123. The first-order valence-corrected chi connectivity index (χ1v) is 11.7. The number of imide groups is 1. The second kappa shape index (κ2) is 8.81. The van der Waals surface area contributed by atoms with Crippen LogP contribution in [0.1, 0.15) is 27.2 Å². The summed E-state index contributed by atoms with van der Waals surface area (Å²) in [6.07, 6.45) is -0.232. The molecule has 0 unspecified atom stereocenters. The molecule has 3 heterocycles. The highest BCUT2D eigenvalue weighted by Crippen LogP contribution is 2.30. The minimum atomic E-state index is -0.557. The first-order chi connectivity index (χ1) is 16.7. The van der Waals surface area contributed by atoms with Crippen molar-refractivity contribution in [1.82, 2.24) is 14.8 Å². The number of aromatic nitrogens is 1. The zero-order valence-corrected chi connectivity index (χ0v) is 20.1. The van der Waals surface area contributed by atoms with Crippen LogP contribution in [0.15, 0.2) is 52.9 Å². The fraction of sp³-hybridized carbons (Fsp3) is 0.385. The molecule has 3 amide bonds. The van der Waals surface area contributed by atoms with Crippen LogP contribution in [0.5, 0.6) is 0 Å². The summed E-state index contributed by atoms with van der Waals surface area (Å²) < 4.78 is 11.2. The number of piperazine rings is 1. The van der Waals surface area contributed by atoms with Crippen molar-refractivity contribution in [2.24, 2.45) is 0 Å². The predicted octanol–water partition coefficient (Wildman–Crippen LogP) is 3.68. The molecule has 0 aliphatic carbocycles. The molecule has 2 saturated heterocycles. The van der Waals surface area contributed by atoms with Crippen molar-refractivity contribution >= 4 is 34.7 Å². The third-order valence-corrected chi connectivity index (χ3v) is 6.20. The second-order valence-electron chi connectivity index (χ2n) is 9.82. The number of fused-ring (bicyclic) bond motifs is 1. The zero-order chi connectivity index (χ0) is 24.7. The highest BCUT2D eigenvalue weighted by Gasteiger charge is 2.43. The van der Waals surface area contributed by atoms with Gasteiger partial charge < -0.3 is 14.1 Å². The molecule has 9 nitrogen and oxygen atoms in total. The standard InChI is InChI=1S/C26H28N4O5/c1-26(2,3)35-25(33)29-14-12-28(13-15-29)20-16-22(31)30(24(20)32)18-10-8-17(9-11-18)23-27-19-6-4-5-7-21(19)34-23/h4-11,20H,12-16H2,1-3H3/t20-/m1/s1. The number of oxazole rings is 1. The van der Waals surface area contributed by atoms with Gasteiger partial charge in [-0.05, 0) is 57.2 Å². The van der Waals surface area contributed by atoms with Gasteiger partial charge in [0.2, 0.25) is 11.8 Å². The molecular weight excluding hydrogens is 448 g/mol. The Bertz CT molecular complexity index is 1240. The smallest absolute Gasteiger partial charge is 0.410 e. The van der Waals surface area contributed by atoms with E-state index in [0.29, 0.717) is 43.3 Å². The minimum Gasteiger partial charge on any atom is -0.444 e. The molecule has 5 rings (SSSR count). The number of nitrogens with zero attached hydrogens (tertiary/aromatic N) is 4. The van der Waals surface area contributed by atoms with Gasteiger partial charge in [0.15, 0.2) is 5.58 Å². The molecule has 0 spiro atoms. The molecule has 35 heavy (non-hydrogen) atoms. The number of carbonyl (C=O) groups is 3. The molecule has 2 fully saturated rings. The van der Waals surface area contributed by atoms with Gasteiger partial charge in [0.05, 0.1) is 18.2 Å². The van der Waals surface area contributed by atoms with Gasteiger partial charge in [-0.1, -0.05) is 12.1 Å². The maximum Gasteiger partial charge on any atom is 0.410 e. The lowest BCUT2D eigenvalue weighted by molar-refractivity contribution is -0.123. The lowest BCUT2D eigenvalue weighted by atomic mass is 10.1. The summed E-state index contributed by atoms with van der Waals surface area (Å²) in [6.45, 7) is 7.41. The van der Waals surface area contributed by atoms with Gasteiger partial charge in [-0.2, -0.15) is 0 Å². The van der Waals surface area contributed by atoms with Crippen molar-refractivity contribution in [1.29, 1.82) is 0 Å². The van der Waals surface area contributed by atoms with Crippen molar-refractivity contribution in [2.75, 3.05) is 31.1 Å². The Labute approximate surface area is 203 Å². The van der Waals surface area contributed by atoms with Gasteiger partial charge in [-0.3, -0.25) is 14.5 Å². The predicted molar refractivity (Wildman–Crippen MR) is 130 cm³/mol. The molecule has 1 aromatic heterocycles. The molecular formula is C26H28N4O5. The van der Waals surface area contributed by atoms with E-state index in [0.717, 1.165) is 11.1 Å². The van der Waals surface area contributed by atoms with Crippen molar-refractivity contribution < 1.29 is 23.5 Å². The molecule has 2 aliphatic rings. The van der Waals surface area contributed by atoms with Crippen molar-refractivity contribution in [3.63, 3.8) is 0 Å². The molecule has 1 atom stereocenters. The Balaban J connectivity index is 1.25. The second-order valence-corrected chi connectivity index (χ2v) is 9.82. The van der Waals surface area contributed by atoms with E-state index in [1.54, 1.807) is 29.2 Å². The fourth-order valence-corrected chi connectivity index (χ4v) is 4.46. The summed E-state index contributed by atoms with van der Waals surface area (Å²) in [5, 5.41) is 0. The van der Waals surface area contributed by atoms with Gasteiger partial charge in [0, 0.05) is 31.7 Å². The van der Waals surface area contributed by atoms with Crippen LogP contribution in [0.2, 0.25) is 0 Å². The lowest BCUT2D eigenvalue weighted by Gasteiger charge is -2.37. The van der Waals surface area contributed by atoms with Crippen molar-refractivity contribution in [3.05, 3.63) is 48.5 Å². The van der Waals surface area contributed by atoms with E-state index >= 15 is 0 Å². The van der Waals surface area contributed by atoms with Crippen LogP contribution in [0, 0.1) is 0 Å². The summed E-state index contributed by atoms with van der Waals surface area (Å²) in [6, 6.07) is 14.1. The summed E-state index contributed by atoms with van der Waals surface area (Å²) in [5.41, 5.74) is 2.20. The fourth-order valence-electron chi connectivity index (χ4n) is 4.46. The highest BCUT2D eigenvalue weighted by molar-refractivity contribution is 6.22. The molecule has 9 heteroatoms. The van der Waals surface area contributed by atoms with Gasteiger partial charge in [0.25, 0.3) is 5.91 Å². The van der Waals surface area contributed by atoms with E-state index in [1.165, 1.54) is 4.90 Å². The Morgan fingerprint density at radius 3 is 2.34 bits per heavy atom. The van der Waals surface area contributed by atoms with Gasteiger partial charge >= 0.3 is 6.09 Å². The van der Waals surface area contributed by atoms with Crippen LogP contribution in [-0.4, -0.2) is 70.5 Å². The van der Waals surface area contributed by atoms with Crippen LogP contribution in [0.25, 0.3) is 22.6 Å². The maximum absolute atomic E-state index is 13.2. The van der Waals surface area contributed by atoms with Gasteiger partial charge in [-0.25, -0.2) is 14.7 Å². The maximum atomic E-state index is 13.2. The normalized spacial score (nSPS) is 19.6. The van der Waals surface area contributed by atoms with Crippen LogP contribution >= 0.6 is 0 Å². The number of ether oxygens (including phenoxy) is 1. The first kappa shape index (κ1) is 23.0. The molecule has 2 aromatic carbocycles.